The summed E-state index contributed by atoms with van der Waals surface area (Å²) < 4.78 is 14.1. The molecular weight excluding hydrogens is 275 g/mol. The second-order valence-electron chi connectivity index (χ2n) is 6.06. The van der Waals surface area contributed by atoms with Gasteiger partial charge in [-0.2, -0.15) is 0 Å². The number of fused-ring (bicyclic) bond motifs is 1. The predicted octanol–water partition coefficient (Wildman–Crippen LogP) is 3.74. The van der Waals surface area contributed by atoms with Crippen LogP contribution in [0, 0.1) is 11.7 Å². The van der Waals surface area contributed by atoms with E-state index in [9.17, 15) is 4.39 Å². The maximum Gasteiger partial charge on any atom is 0.128 e. The van der Waals surface area contributed by atoms with E-state index >= 15 is 0 Å². The second-order valence-corrected chi connectivity index (χ2v) is 6.49. The van der Waals surface area contributed by atoms with E-state index in [1.807, 2.05) is 0 Å². The van der Waals surface area contributed by atoms with Crippen LogP contribution in [0.4, 0.5) is 4.39 Å². The molecule has 0 spiro atoms. The minimum Gasteiger partial charge on any atom is -0.329 e. The first-order valence-electron chi connectivity index (χ1n) is 7.61. The van der Waals surface area contributed by atoms with Crippen LogP contribution in [-0.2, 0) is 0 Å². The van der Waals surface area contributed by atoms with Gasteiger partial charge in [0.15, 0.2) is 0 Å². The third-order valence-corrected chi connectivity index (χ3v) is 5.23. The highest BCUT2D eigenvalue weighted by atomic mass is 35.5. The minimum absolute atomic E-state index is 0.0400. The normalized spacial score (nSPS) is 28.4. The molecule has 1 aromatic carbocycles. The van der Waals surface area contributed by atoms with E-state index in [1.54, 1.807) is 12.1 Å². The lowest BCUT2D eigenvalue weighted by Gasteiger charge is -2.37. The van der Waals surface area contributed by atoms with Crippen molar-refractivity contribution >= 4 is 11.6 Å². The Labute approximate surface area is 125 Å². The van der Waals surface area contributed by atoms with Crippen molar-refractivity contribution in [2.45, 2.75) is 44.2 Å². The van der Waals surface area contributed by atoms with Gasteiger partial charge in [-0.15, -0.1) is 0 Å². The molecule has 2 nitrogen and oxygen atoms in total. The van der Waals surface area contributed by atoms with Crippen LogP contribution in [0.1, 0.15) is 43.7 Å². The number of rotatable bonds is 3. The van der Waals surface area contributed by atoms with Gasteiger partial charge in [0.05, 0.1) is 6.04 Å². The Morgan fingerprint density at radius 1 is 1.30 bits per heavy atom. The molecule has 1 saturated carbocycles. The van der Waals surface area contributed by atoms with Crippen LogP contribution in [-0.4, -0.2) is 24.0 Å². The first-order chi connectivity index (χ1) is 9.70. The van der Waals surface area contributed by atoms with Crippen LogP contribution in [0.3, 0.4) is 0 Å². The van der Waals surface area contributed by atoms with E-state index in [4.69, 9.17) is 17.3 Å². The van der Waals surface area contributed by atoms with E-state index in [-0.39, 0.29) is 11.9 Å². The van der Waals surface area contributed by atoms with E-state index in [1.165, 1.54) is 38.2 Å². The Kier molecular flexibility index (Phi) is 4.29. The van der Waals surface area contributed by atoms with E-state index in [2.05, 4.69) is 4.90 Å². The molecule has 0 aromatic heterocycles. The van der Waals surface area contributed by atoms with Crippen LogP contribution < -0.4 is 5.73 Å². The summed E-state index contributed by atoms with van der Waals surface area (Å²) in [5.74, 6) is 0.587. The zero-order valence-electron chi connectivity index (χ0n) is 11.7. The Bertz CT molecular complexity index is 480. The molecule has 0 radical (unpaired) electrons. The molecular formula is C16H22ClFN2. The lowest BCUT2D eigenvalue weighted by atomic mass is 9.84. The fraction of sp³-hybridized carbons (Fsp3) is 0.625. The van der Waals surface area contributed by atoms with Gasteiger partial charge in [-0.3, -0.25) is 4.90 Å². The highest BCUT2D eigenvalue weighted by Crippen LogP contribution is 2.41. The molecule has 1 heterocycles. The standard InChI is InChI=1S/C16H22ClFN2/c17-12-5-6-14(18)13(9-12)16(10-19)20-8-7-11-3-1-2-4-15(11)20/h5-6,9,11,15-16H,1-4,7-8,10,19H2. The molecule has 2 aliphatic rings. The van der Waals surface area contributed by atoms with E-state index < -0.39 is 0 Å². The molecule has 110 valence electrons. The van der Waals surface area contributed by atoms with Gasteiger partial charge in [0.1, 0.15) is 5.82 Å². The predicted molar refractivity (Wildman–Crippen MR) is 80.3 cm³/mol. The first-order valence-corrected chi connectivity index (χ1v) is 7.99. The molecule has 2 fully saturated rings. The molecule has 1 aliphatic heterocycles. The average molecular weight is 297 g/mol. The van der Waals surface area contributed by atoms with Crippen molar-refractivity contribution in [2.75, 3.05) is 13.1 Å². The highest BCUT2D eigenvalue weighted by Gasteiger charge is 2.39. The number of hydrogen-bond acceptors (Lipinski definition) is 2. The Hall–Kier alpha value is -0.640. The quantitative estimate of drug-likeness (QED) is 0.920. The largest absolute Gasteiger partial charge is 0.329 e. The van der Waals surface area contributed by atoms with Gasteiger partial charge in [0.2, 0.25) is 0 Å². The Morgan fingerprint density at radius 3 is 2.90 bits per heavy atom. The minimum atomic E-state index is -0.191. The lowest BCUT2D eigenvalue weighted by molar-refractivity contribution is 0.133. The van der Waals surface area contributed by atoms with Crippen LogP contribution in [0.15, 0.2) is 18.2 Å². The fourth-order valence-corrected chi connectivity index (χ4v) is 4.22. The summed E-state index contributed by atoms with van der Waals surface area (Å²) >= 11 is 6.04. The summed E-state index contributed by atoms with van der Waals surface area (Å²) in [5.41, 5.74) is 6.63. The Morgan fingerprint density at radius 2 is 2.10 bits per heavy atom. The van der Waals surface area contributed by atoms with Crippen LogP contribution in [0.25, 0.3) is 0 Å². The van der Waals surface area contributed by atoms with Gasteiger partial charge >= 0.3 is 0 Å². The summed E-state index contributed by atoms with van der Waals surface area (Å²) in [5, 5.41) is 0.583. The summed E-state index contributed by atoms with van der Waals surface area (Å²) in [6, 6.07) is 5.33. The summed E-state index contributed by atoms with van der Waals surface area (Å²) in [6.45, 7) is 1.48. The Balaban J connectivity index is 1.88. The molecule has 1 saturated heterocycles. The second kappa shape index (κ2) is 6.00. The number of likely N-dealkylation sites (tertiary alicyclic amines) is 1. The molecule has 0 amide bonds. The number of hydrogen-bond donors (Lipinski definition) is 1. The van der Waals surface area contributed by atoms with Gasteiger partial charge in [-0.05, 0) is 49.9 Å². The molecule has 1 aliphatic carbocycles. The summed E-state index contributed by atoms with van der Waals surface area (Å²) in [4.78, 5) is 2.43. The third kappa shape index (κ3) is 2.59. The zero-order chi connectivity index (χ0) is 14.1. The molecule has 3 unspecified atom stereocenters. The van der Waals surface area contributed by atoms with Crippen molar-refractivity contribution in [1.29, 1.82) is 0 Å². The molecule has 3 rings (SSSR count). The lowest BCUT2D eigenvalue weighted by Crippen LogP contribution is -2.40. The molecule has 2 N–H and O–H groups in total. The van der Waals surface area contributed by atoms with Crippen molar-refractivity contribution in [3.05, 3.63) is 34.6 Å². The first kappa shape index (κ1) is 14.3. The molecule has 4 heteroatoms. The average Bonchev–Trinajstić information content (AvgIpc) is 2.88. The van der Waals surface area contributed by atoms with Crippen LogP contribution in [0.5, 0.6) is 0 Å². The molecule has 20 heavy (non-hydrogen) atoms. The van der Waals surface area contributed by atoms with Crippen LogP contribution in [0.2, 0.25) is 5.02 Å². The molecule has 1 aromatic rings. The third-order valence-electron chi connectivity index (χ3n) is 4.99. The monoisotopic (exact) mass is 296 g/mol. The van der Waals surface area contributed by atoms with Crippen molar-refractivity contribution < 1.29 is 4.39 Å². The maximum atomic E-state index is 14.1. The number of nitrogens with two attached hydrogens (primary N) is 1. The van der Waals surface area contributed by atoms with Gasteiger partial charge in [-0.25, -0.2) is 4.39 Å². The summed E-state index contributed by atoms with van der Waals surface area (Å²) in [7, 11) is 0. The topological polar surface area (TPSA) is 29.3 Å². The molecule has 0 bridgehead atoms. The van der Waals surface area contributed by atoms with Crippen LogP contribution >= 0.6 is 11.6 Å². The van der Waals surface area contributed by atoms with Gasteiger partial charge < -0.3 is 5.73 Å². The maximum absolute atomic E-state index is 14.1. The van der Waals surface area contributed by atoms with Crippen molar-refractivity contribution in [1.82, 2.24) is 4.90 Å². The highest BCUT2D eigenvalue weighted by molar-refractivity contribution is 6.30. The number of benzene rings is 1. The van der Waals surface area contributed by atoms with Gasteiger partial charge in [-0.1, -0.05) is 24.4 Å². The smallest absolute Gasteiger partial charge is 0.128 e. The number of nitrogens with zero attached hydrogens (tertiary/aromatic N) is 1. The van der Waals surface area contributed by atoms with E-state index in [0.29, 0.717) is 23.2 Å². The van der Waals surface area contributed by atoms with Crippen molar-refractivity contribution in [3.63, 3.8) is 0 Å². The number of halogens is 2. The van der Waals surface area contributed by atoms with Gasteiger partial charge in [0, 0.05) is 23.2 Å². The van der Waals surface area contributed by atoms with Crippen molar-refractivity contribution in [3.8, 4) is 0 Å². The van der Waals surface area contributed by atoms with Crippen molar-refractivity contribution in [2.24, 2.45) is 11.7 Å². The zero-order valence-corrected chi connectivity index (χ0v) is 12.5. The summed E-state index contributed by atoms with van der Waals surface area (Å²) in [6.07, 6.45) is 6.39. The molecule has 3 atom stereocenters. The fourth-order valence-electron chi connectivity index (χ4n) is 4.04. The van der Waals surface area contributed by atoms with Gasteiger partial charge in [0.25, 0.3) is 0 Å². The SMILES string of the molecule is NCC(c1cc(Cl)ccc1F)N1CCC2CCCCC21. The van der Waals surface area contributed by atoms with E-state index in [0.717, 1.165) is 12.5 Å².